The Hall–Kier alpha value is -1.85. The molecule has 0 amide bonds. The zero-order chi connectivity index (χ0) is 16.1. The third kappa shape index (κ3) is 4.08. The second kappa shape index (κ2) is 7.42. The quantitative estimate of drug-likeness (QED) is 0.749. The molecular weight excluding hydrogens is 335 g/mol. The van der Waals surface area contributed by atoms with Crippen molar-refractivity contribution in [2.75, 3.05) is 7.11 Å². The van der Waals surface area contributed by atoms with Crippen molar-refractivity contribution in [3.05, 3.63) is 51.8 Å². The summed E-state index contributed by atoms with van der Waals surface area (Å²) in [6.07, 6.45) is 6.39. The highest BCUT2D eigenvalue weighted by Gasteiger charge is 2.10. The molecule has 1 aromatic carbocycles. The van der Waals surface area contributed by atoms with Gasteiger partial charge in [0.2, 0.25) is 0 Å². The predicted octanol–water partition coefficient (Wildman–Crippen LogP) is 5.17. The Morgan fingerprint density at radius 1 is 1.09 bits per heavy atom. The van der Waals surface area contributed by atoms with Crippen molar-refractivity contribution in [2.24, 2.45) is 0 Å². The summed E-state index contributed by atoms with van der Waals surface area (Å²) in [5, 5.41) is 0.821. The maximum absolute atomic E-state index is 12.3. The molecular formula is C15H11Cl2F2NO2. The number of halogens is 4. The van der Waals surface area contributed by atoms with Crippen LogP contribution in [-0.4, -0.2) is 18.7 Å². The van der Waals surface area contributed by atoms with Crippen LogP contribution in [0, 0.1) is 0 Å². The summed E-state index contributed by atoms with van der Waals surface area (Å²) in [5.74, 6) is 0.170. The number of benzene rings is 1. The molecule has 1 heterocycles. The molecule has 0 aliphatic rings. The van der Waals surface area contributed by atoms with Gasteiger partial charge in [-0.1, -0.05) is 41.4 Å². The van der Waals surface area contributed by atoms with Gasteiger partial charge in [0.15, 0.2) is 11.5 Å². The smallest absolute Gasteiger partial charge is 0.387 e. The lowest BCUT2D eigenvalue weighted by molar-refractivity contribution is -0.0512. The van der Waals surface area contributed by atoms with E-state index in [0.29, 0.717) is 21.2 Å². The zero-order valence-corrected chi connectivity index (χ0v) is 12.9. The molecule has 0 saturated carbocycles. The van der Waals surface area contributed by atoms with Gasteiger partial charge in [-0.15, -0.1) is 0 Å². The van der Waals surface area contributed by atoms with Gasteiger partial charge in [-0.3, -0.25) is 4.98 Å². The number of hydrogen-bond acceptors (Lipinski definition) is 3. The van der Waals surface area contributed by atoms with E-state index in [1.165, 1.54) is 25.6 Å². The van der Waals surface area contributed by atoms with Crippen molar-refractivity contribution in [2.45, 2.75) is 6.61 Å². The minimum atomic E-state index is -2.91. The Morgan fingerprint density at radius 3 is 2.36 bits per heavy atom. The molecule has 22 heavy (non-hydrogen) atoms. The van der Waals surface area contributed by atoms with Gasteiger partial charge in [-0.25, -0.2) is 0 Å². The van der Waals surface area contributed by atoms with Gasteiger partial charge in [-0.05, 0) is 17.7 Å². The third-order valence-electron chi connectivity index (χ3n) is 2.74. The van der Waals surface area contributed by atoms with Crippen LogP contribution in [0.3, 0.4) is 0 Å². The lowest BCUT2D eigenvalue weighted by Gasteiger charge is -2.10. The lowest BCUT2D eigenvalue weighted by atomic mass is 10.1. The summed E-state index contributed by atoms with van der Waals surface area (Å²) < 4.78 is 33.9. The van der Waals surface area contributed by atoms with Gasteiger partial charge >= 0.3 is 6.61 Å². The molecule has 116 valence electrons. The first-order valence-corrected chi connectivity index (χ1v) is 6.86. The molecule has 0 N–H and O–H groups in total. The number of aromatic nitrogens is 1. The first-order chi connectivity index (χ1) is 10.5. The Morgan fingerprint density at radius 2 is 1.77 bits per heavy atom. The minimum absolute atomic E-state index is 0.0328. The van der Waals surface area contributed by atoms with Crippen LogP contribution < -0.4 is 9.47 Å². The van der Waals surface area contributed by atoms with E-state index in [0.717, 1.165) is 0 Å². The SMILES string of the molecule is COc1cc(/C=C\c2c(Cl)cncc2Cl)ccc1OC(F)F. The van der Waals surface area contributed by atoms with Crippen molar-refractivity contribution in [1.29, 1.82) is 0 Å². The molecule has 0 fully saturated rings. The molecule has 0 unspecified atom stereocenters. The first-order valence-electron chi connectivity index (χ1n) is 6.11. The predicted molar refractivity (Wildman–Crippen MR) is 82.8 cm³/mol. The minimum Gasteiger partial charge on any atom is -0.493 e. The van der Waals surface area contributed by atoms with Crippen LogP contribution >= 0.6 is 23.2 Å². The highest BCUT2D eigenvalue weighted by atomic mass is 35.5. The summed E-state index contributed by atoms with van der Waals surface area (Å²) in [5.41, 5.74) is 1.33. The fraction of sp³-hybridized carbons (Fsp3) is 0.133. The summed E-state index contributed by atoms with van der Waals surface area (Å²) in [7, 11) is 1.37. The number of pyridine rings is 1. The van der Waals surface area contributed by atoms with Gasteiger partial charge in [0.05, 0.1) is 17.2 Å². The maximum Gasteiger partial charge on any atom is 0.387 e. The number of nitrogens with zero attached hydrogens (tertiary/aromatic N) is 1. The van der Waals surface area contributed by atoms with Crippen LogP contribution in [0.15, 0.2) is 30.6 Å². The molecule has 0 saturated heterocycles. The Kier molecular flexibility index (Phi) is 5.57. The third-order valence-corrected chi connectivity index (χ3v) is 3.34. The van der Waals surface area contributed by atoms with E-state index < -0.39 is 6.61 Å². The van der Waals surface area contributed by atoms with Crippen LogP contribution in [0.1, 0.15) is 11.1 Å². The highest BCUT2D eigenvalue weighted by molar-refractivity contribution is 6.37. The van der Waals surface area contributed by atoms with Crippen molar-refractivity contribution in [3.63, 3.8) is 0 Å². The van der Waals surface area contributed by atoms with Crippen LogP contribution in [0.2, 0.25) is 10.0 Å². The van der Waals surface area contributed by atoms with E-state index in [9.17, 15) is 8.78 Å². The van der Waals surface area contributed by atoms with Gasteiger partial charge in [-0.2, -0.15) is 8.78 Å². The van der Waals surface area contributed by atoms with Crippen molar-refractivity contribution >= 4 is 35.4 Å². The number of rotatable bonds is 5. The lowest BCUT2D eigenvalue weighted by Crippen LogP contribution is -2.03. The monoisotopic (exact) mass is 345 g/mol. The van der Waals surface area contributed by atoms with Gasteiger partial charge in [0.25, 0.3) is 0 Å². The van der Waals surface area contributed by atoms with E-state index in [2.05, 4.69) is 9.72 Å². The van der Waals surface area contributed by atoms with Gasteiger partial charge in [0.1, 0.15) is 0 Å². The first kappa shape index (κ1) is 16.5. The number of hydrogen-bond donors (Lipinski definition) is 0. The zero-order valence-electron chi connectivity index (χ0n) is 11.4. The van der Waals surface area contributed by atoms with Crippen LogP contribution in [0.25, 0.3) is 12.2 Å². The summed E-state index contributed by atoms with van der Waals surface area (Å²) in [6.45, 7) is -2.91. The summed E-state index contributed by atoms with van der Waals surface area (Å²) >= 11 is 12.0. The fourth-order valence-corrected chi connectivity index (χ4v) is 2.23. The fourth-order valence-electron chi connectivity index (χ4n) is 1.74. The maximum atomic E-state index is 12.3. The number of ether oxygens (including phenoxy) is 2. The number of methoxy groups -OCH3 is 1. The summed E-state index contributed by atoms with van der Waals surface area (Å²) in [6, 6.07) is 4.58. The molecule has 7 heteroatoms. The molecule has 0 bridgehead atoms. The average Bonchev–Trinajstić information content (AvgIpc) is 2.47. The highest BCUT2D eigenvalue weighted by Crippen LogP contribution is 2.31. The Labute approximate surface area is 136 Å². The second-order valence-corrected chi connectivity index (χ2v) is 4.95. The van der Waals surface area contributed by atoms with Crippen LogP contribution in [0.5, 0.6) is 11.5 Å². The number of alkyl halides is 2. The molecule has 0 radical (unpaired) electrons. The molecule has 1 aromatic heterocycles. The van der Waals surface area contributed by atoms with Gasteiger partial charge in [0, 0.05) is 18.0 Å². The molecule has 0 atom stereocenters. The van der Waals surface area contributed by atoms with Crippen LogP contribution in [-0.2, 0) is 0 Å². The summed E-state index contributed by atoms with van der Waals surface area (Å²) in [4.78, 5) is 3.86. The molecule has 0 spiro atoms. The van der Waals surface area contributed by atoms with Crippen molar-refractivity contribution < 1.29 is 18.3 Å². The molecule has 2 rings (SSSR count). The van der Waals surface area contributed by atoms with Crippen LogP contribution in [0.4, 0.5) is 8.78 Å². The van der Waals surface area contributed by atoms with E-state index in [1.807, 2.05) is 0 Å². The normalized spacial score (nSPS) is 11.2. The second-order valence-electron chi connectivity index (χ2n) is 4.14. The average molecular weight is 346 g/mol. The molecule has 2 aromatic rings. The molecule has 0 aliphatic heterocycles. The molecule has 3 nitrogen and oxygen atoms in total. The standard InChI is InChI=1S/C15H11Cl2F2NO2/c1-21-14-6-9(3-5-13(14)22-15(18)19)2-4-10-11(16)7-20-8-12(10)17/h2-8,15H,1H3/b4-2-. The Bertz CT molecular complexity index is 673. The largest absolute Gasteiger partial charge is 0.493 e. The topological polar surface area (TPSA) is 31.4 Å². The van der Waals surface area contributed by atoms with E-state index in [1.54, 1.807) is 24.3 Å². The van der Waals surface area contributed by atoms with E-state index in [-0.39, 0.29) is 11.5 Å². The Balaban J connectivity index is 2.28. The van der Waals surface area contributed by atoms with E-state index in [4.69, 9.17) is 27.9 Å². The van der Waals surface area contributed by atoms with Crippen molar-refractivity contribution in [1.82, 2.24) is 4.98 Å². The van der Waals surface area contributed by atoms with Gasteiger partial charge < -0.3 is 9.47 Å². The van der Waals surface area contributed by atoms with E-state index >= 15 is 0 Å². The molecule has 0 aliphatic carbocycles. The van der Waals surface area contributed by atoms with Crippen molar-refractivity contribution in [3.8, 4) is 11.5 Å².